The molecule has 3 amide bonds. The first-order valence-corrected chi connectivity index (χ1v) is 12.2. The first kappa shape index (κ1) is 25.8. The Kier molecular flexibility index (Phi) is 7.74. The van der Waals surface area contributed by atoms with Crippen LogP contribution in [-0.4, -0.2) is 46.0 Å². The van der Waals surface area contributed by atoms with Crippen LogP contribution in [0.3, 0.4) is 0 Å². The van der Waals surface area contributed by atoms with Gasteiger partial charge in [-0.15, -0.1) is 6.58 Å². The molecule has 0 radical (unpaired) electrons. The molecule has 0 aromatic heterocycles. The minimum absolute atomic E-state index is 0.173. The van der Waals surface area contributed by atoms with E-state index in [4.69, 9.17) is 4.74 Å². The number of nitrogens with one attached hydrogen (secondary N) is 2. The molecule has 3 unspecified atom stereocenters. The highest BCUT2D eigenvalue weighted by atomic mass is 16.6. The van der Waals surface area contributed by atoms with Gasteiger partial charge in [0, 0.05) is 24.5 Å². The number of ether oxygens (including phenoxy) is 1. The second kappa shape index (κ2) is 10.2. The normalized spacial score (nSPS) is 26.7. The lowest BCUT2D eigenvalue weighted by Crippen LogP contribution is -2.69. The summed E-state index contributed by atoms with van der Waals surface area (Å²) in [5.41, 5.74) is -0.913. The summed E-state index contributed by atoms with van der Waals surface area (Å²) in [4.78, 5) is 40.8. The number of carbonyl (C=O) groups is 3. The fourth-order valence-electron chi connectivity index (χ4n) is 5.63. The standard InChI is InChI=1S/C27H39N3O4/c1-6-11-22-18-26(15-16-27(22,28-20(2)31)23(32)29-25(3,4)5)14-10-17-30(26)24(33)34-19-21-12-8-7-9-13-21/h6-9,12-13,22H,1,10-11,14-19H2,2-5H3,(H,28,31)(H,29,32). The predicted molar refractivity (Wildman–Crippen MR) is 132 cm³/mol. The maximum Gasteiger partial charge on any atom is 0.410 e. The van der Waals surface area contributed by atoms with Crippen LogP contribution in [0.2, 0.25) is 0 Å². The summed E-state index contributed by atoms with van der Waals surface area (Å²) in [7, 11) is 0. The van der Waals surface area contributed by atoms with Gasteiger partial charge in [-0.1, -0.05) is 36.4 Å². The van der Waals surface area contributed by atoms with E-state index in [-0.39, 0.29) is 36.0 Å². The topological polar surface area (TPSA) is 87.7 Å². The lowest BCUT2D eigenvalue weighted by molar-refractivity contribution is -0.140. The van der Waals surface area contributed by atoms with Crippen LogP contribution >= 0.6 is 0 Å². The van der Waals surface area contributed by atoms with Gasteiger partial charge in [-0.3, -0.25) is 9.59 Å². The minimum Gasteiger partial charge on any atom is -0.445 e. The molecule has 34 heavy (non-hydrogen) atoms. The van der Waals surface area contributed by atoms with Crippen LogP contribution in [0, 0.1) is 5.92 Å². The van der Waals surface area contributed by atoms with Gasteiger partial charge in [-0.05, 0) is 70.8 Å². The molecule has 3 atom stereocenters. The van der Waals surface area contributed by atoms with Crippen LogP contribution in [-0.2, 0) is 20.9 Å². The van der Waals surface area contributed by atoms with E-state index < -0.39 is 11.1 Å². The SMILES string of the molecule is C=CCC1CC2(CCCN2C(=O)OCc2ccccc2)CCC1(NC(C)=O)C(=O)NC(C)(C)C. The number of hydrogen-bond acceptors (Lipinski definition) is 4. The molecule has 1 aliphatic carbocycles. The molecule has 3 rings (SSSR count). The van der Waals surface area contributed by atoms with E-state index in [9.17, 15) is 14.4 Å². The number of rotatable bonds is 6. The van der Waals surface area contributed by atoms with Gasteiger partial charge in [-0.25, -0.2) is 4.79 Å². The monoisotopic (exact) mass is 469 g/mol. The summed E-state index contributed by atoms with van der Waals surface area (Å²) in [6.45, 7) is 12.0. The van der Waals surface area contributed by atoms with Crippen LogP contribution in [0.4, 0.5) is 4.79 Å². The van der Waals surface area contributed by atoms with Crippen molar-refractivity contribution in [2.75, 3.05) is 6.54 Å². The first-order valence-electron chi connectivity index (χ1n) is 12.2. The second-order valence-corrected chi connectivity index (χ2v) is 10.8. The molecule has 7 nitrogen and oxygen atoms in total. The molecule has 2 N–H and O–H groups in total. The Hall–Kier alpha value is -2.83. The average molecular weight is 470 g/mol. The van der Waals surface area contributed by atoms with Gasteiger partial charge in [0.2, 0.25) is 11.8 Å². The summed E-state index contributed by atoms with van der Waals surface area (Å²) in [6, 6.07) is 9.64. The molecule has 1 saturated carbocycles. The van der Waals surface area contributed by atoms with Gasteiger partial charge in [-0.2, -0.15) is 0 Å². The van der Waals surface area contributed by atoms with Crippen molar-refractivity contribution in [1.29, 1.82) is 0 Å². The van der Waals surface area contributed by atoms with Crippen LogP contribution in [0.1, 0.15) is 71.8 Å². The quantitative estimate of drug-likeness (QED) is 0.607. The largest absolute Gasteiger partial charge is 0.445 e. The Balaban J connectivity index is 1.84. The van der Waals surface area contributed by atoms with Crippen molar-refractivity contribution in [3.8, 4) is 0 Å². The lowest BCUT2D eigenvalue weighted by Gasteiger charge is -2.52. The molecule has 1 spiro atoms. The molecule has 2 fully saturated rings. The average Bonchev–Trinajstić information content (AvgIpc) is 3.16. The Morgan fingerprint density at radius 3 is 2.50 bits per heavy atom. The van der Waals surface area contributed by atoms with Gasteiger partial charge in [0.15, 0.2) is 0 Å². The third-order valence-corrected chi connectivity index (χ3v) is 7.07. The van der Waals surface area contributed by atoms with E-state index in [0.717, 1.165) is 18.4 Å². The van der Waals surface area contributed by atoms with E-state index in [1.54, 1.807) is 6.08 Å². The fraction of sp³-hybridized carbons (Fsp3) is 0.593. The summed E-state index contributed by atoms with van der Waals surface area (Å²) in [5.74, 6) is -0.597. The Morgan fingerprint density at radius 1 is 1.18 bits per heavy atom. The molecular weight excluding hydrogens is 430 g/mol. The van der Waals surface area contributed by atoms with Crippen molar-refractivity contribution >= 4 is 17.9 Å². The van der Waals surface area contributed by atoms with Gasteiger partial charge < -0.3 is 20.3 Å². The zero-order chi connectivity index (χ0) is 25.0. The summed E-state index contributed by atoms with van der Waals surface area (Å²) in [6.07, 6.45) is 5.49. The third-order valence-electron chi connectivity index (χ3n) is 7.07. The van der Waals surface area contributed by atoms with Crippen molar-refractivity contribution in [1.82, 2.24) is 15.5 Å². The molecular formula is C27H39N3O4. The highest BCUT2D eigenvalue weighted by Crippen LogP contribution is 2.49. The lowest BCUT2D eigenvalue weighted by atomic mass is 9.62. The highest BCUT2D eigenvalue weighted by Gasteiger charge is 2.57. The maximum absolute atomic E-state index is 13.6. The van der Waals surface area contributed by atoms with Crippen LogP contribution in [0.25, 0.3) is 0 Å². The van der Waals surface area contributed by atoms with E-state index in [2.05, 4.69) is 17.2 Å². The fourth-order valence-corrected chi connectivity index (χ4v) is 5.63. The molecule has 186 valence electrons. The number of hydrogen-bond donors (Lipinski definition) is 2. The molecule has 1 saturated heterocycles. The van der Waals surface area contributed by atoms with E-state index in [1.807, 2.05) is 56.0 Å². The molecule has 1 aromatic carbocycles. The minimum atomic E-state index is -1.04. The predicted octanol–water partition coefficient (Wildman–Crippen LogP) is 4.32. The van der Waals surface area contributed by atoms with Crippen molar-refractivity contribution in [3.05, 3.63) is 48.6 Å². The zero-order valence-corrected chi connectivity index (χ0v) is 21.0. The van der Waals surface area contributed by atoms with Gasteiger partial charge in [0.25, 0.3) is 0 Å². The zero-order valence-electron chi connectivity index (χ0n) is 21.0. The van der Waals surface area contributed by atoms with Crippen molar-refractivity contribution < 1.29 is 19.1 Å². The number of amides is 3. The van der Waals surface area contributed by atoms with Crippen LogP contribution in [0.15, 0.2) is 43.0 Å². The van der Waals surface area contributed by atoms with Gasteiger partial charge in [0.1, 0.15) is 12.1 Å². The number of nitrogens with zero attached hydrogens (tertiary/aromatic N) is 1. The number of likely N-dealkylation sites (tertiary alicyclic amines) is 1. The highest BCUT2D eigenvalue weighted by molar-refractivity contribution is 5.92. The summed E-state index contributed by atoms with van der Waals surface area (Å²) >= 11 is 0. The smallest absolute Gasteiger partial charge is 0.410 e. The van der Waals surface area contributed by atoms with Crippen molar-refractivity contribution in [2.24, 2.45) is 5.92 Å². The number of allylic oxidation sites excluding steroid dienone is 1. The Morgan fingerprint density at radius 2 is 1.88 bits per heavy atom. The Labute approximate surface area is 203 Å². The third kappa shape index (κ3) is 5.62. The summed E-state index contributed by atoms with van der Waals surface area (Å²) < 4.78 is 5.68. The maximum atomic E-state index is 13.6. The van der Waals surface area contributed by atoms with Crippen molar-refractivity contribution in [2.45, 2.75) is 89.4 Å². The molecule has 2 aliphatic rings. The summed E-state index contributed by atoms with van der Waals surface area (Å²) in [5, 5.41) is 6.10. The Bertz CT molecular complexity index is 910. The van der Waals surface area contributed by atoms with Crippen LogP contribution < -0.4 is 10.6 Å². The number of carbonyl (C=O) groups excluding carboxylic acids is 3. The van der Waals surface area contributed by atoms with Gasteiger partial charge in [0.05, 0.1) is 0 Å². The van der Waals surface area contributed by atoms with E-state index >= 15 is 0 Å². The molecule has 1 heterocycles. The number of benzene rings is 1. The second-order valence-electron chi connectivity index (χ2n) is 10.8. The molecule has 1 aromatic rings. The van der Waals surface area contributed by atoms with Gasteiger partial charge >= 0.3 is 6.09 Å². The van der Waals surface area contributed by atoms with E-state index in [1.165, 1.54) is 6.92 Å². The molecule has 1 aliphatic heterocycles. The van der Waals surface area contributed by atoms with E-state index in [0.29, 0.717) is 32.2 Å². The molecule has 0 bridgehead atoms. The first-order chi connectivity index (χ1) is 16.0. The van der Waals surface area contributed by atoms with Crippen LogP contribution in [0.5, 0.6) is 0 Å². The van der Waals surface area contributed by atoms with Crippen molar-refractivity contribution in [3.63, 3.8) is 0 Å². The molecule has 7 heteroatoms.